The third-order valence-electron chi connectivity index (χ3n) is 4.36. The second-order valence-corrected chi connectivity index (χ2v) is 8.23. The topological polar surface area (TPSA) is 86.2 Å². The zero-order chi connectivity index (χ0) is 17.6. The van der Waals surface area contributed by atoms with Crippen LogP contribution in [0.15, 0.2) is 48.5 Å². The minimum atomic E-state index is -3.40. The van der Waals surface area contributed by atoms with Crippen molar-refractivity contribution in [1.82, 2.24) is 0 Å². The monoisotopic (exact) mass is 346 g/mol. The highest BCUT2D eigenvalue weighted by atomic mass is 32.2. The number of primary sulfonamides is 1. The first-order valence-corrected chi connectivity index (χ1v) is 9.91. The first-order valence-electron chi connectivity index (χ1n) is 8.30. The van der Waals surface area contributed by atoms with Gasteiger partial charge in [-0.15, -0.1) is 0 Å². The predicted molar refractivity (Wildman–Crippen MR) is 99.9 cm³/mol. The number of benzene rings is 2. The summed E-state index contributed by atoms with van der Waals surface area (Å²) in [6.07, 6.45) is 3.39. The van der Waals surface area contributed by atoms with E-state index in [1.54, 1.807) is 6.92 Å². The van der Waals surface area contributed by atoms with Gasteiger partial charge < -0.3 is 5.73 Å². The normalized spacial score (nSPS) is 13.0. The van der Waals surface area contributed by atoms with Crippen molar-refractivity contribution in [1.29, 1.82) is 0 Å². The van der Waals surface area contributed by atoms with Crippen molar-refractivity contribution in [2.45, 2.75) is 44.4 Å². The molecule has 0 aliphatic heterocycles. The molecule has 130 valence electrons. The Labute approximate surface area is 144 Å². The van der Waals surface area contributed by atoms with Crippen molar-refractivity contribution in [3.05, 3.63) is 59.7 Å². The van der Waals surface area contributed by atoms with E-state index in [2.05, 4.69) is 48.5 Å². The summed E-state index contributed by atoms with van der Waals surface area (Å²) in [7, 11) is -3.40. The predicted octanol–water partition coefficient (Wildman–Crippen LogP) is 3.20. The third kappa shape index (κ3) is 5.44. The number of hydrogen-bond acceptors (Lipinski definition) is 3. The van der Waals surface area contributed by atoms with Crippen molar-refractivity contribution >= 4 is 10.0 Å². The van der Waals surface area contributed by atoms with Gasteiger partial charge in [-0.25, -0.2) is 13.6 Å². The SMILES string of the molecule is CC(CCCCc1ccc(-c2ccc(CN)cc2)cc1)S(N)(=O)=O. The molecule has 5 heteroatoms. The molecule has 0 aliphatic rings. The summed E-state index contributed by atoms with van der Waals surface area (Å²) in [5.74, 6) is 0. The first-order chi connectivity index (χ1) is 11.4. The molecule has 0 aliphatic carbocycles. The van der Waals surface area contributed by atoms with Crippen LogP contribution in [0.1, 0.15) is 37.3 Å². The Morgan fingerprint density at radius 1 is 0.875 bits per heavy atom. The van der Waals surface area contributed by atoms with Crippen LogP contribution in [0, 0.1) is 0 Å². The van der Waals surface area contributed by atoms with Crippen LogP contribution < -0.4 is 10.9 Å². The Balaban J connectivity index is 1.85. The van der Waals surface area contributed by atoms with Gasteiger partial charge >= 0.3 is 0 Å². The van der Waals surface area contributed by atoms with Gasteiger partial charge in [-0.3, -0.25) is 0 Å². The molecule has 0 heterocycles. The lowest BCUT2D eigenvalue weighted by atomic mass is 10.0. The van der Waals surface area contributed by atoms with Crippen LogP contribution in [-0.2, 0) is 23.0 Å². The molecule has 0 saturated carbocycles. The van der Waals surface area contributed by atoms with Gasteiger partial charge in [0.15, 0.2) is 0 Å². The van der Waals surface area contributed by atoms with Crippen LogP contribution in [0.5, 0.6) is 0 Å². The number of nitrogens with two attached hydrogens (primary N) is 2. The molecule has 1 unspecified atom stereocenters. The van der Waals surface area contributed by atoms with E-state index in [0.29, 0.717) is 13.0 Å². The van der Waals surface area contributed by atoms with Gasteiger partial charge in [-0.05, 0) is 48.4 Å². The van der Waals surface area contributed by atoms with Crippen molar-refractivity contribution < 1.29 is 8.42 Å². The zero-order valence-corrected chi connectivity index (χ0v) is 14.9. The van der Waals surface area contributed by atoms with Crippen LogP contribution in [0.3, 0.4) is 0 Å². The summed E-state index contributed by atoms with van der Waals surface area (Å²) in [6, 6.07) is 16.8. The summed E-state index contributed by atoms with van der Waals surface area (Å²) in [5, 5.41) is 4.67. The van der Waals surface area contributed by atoms with Crippen LogP contribution in [0.25, 0.3) is 11.1 Å². The van der Waals surface area contributed by atoms with Gasteiger partial charge in [-0.2, -0.15) is 0 Å². The third-order valence-corrected chi connectivity index (χ3v) is 5.72. The zero-order valence-electron chi connectivity index (χ0n) is 14.1. The molecule has 0 fully saturated rings. The molecule has 2 aromatic rings. The lowest BCUT2D eigenvalue weighted by Gasteiger charge is -2.09. The maximum atomic E-state index is 11.2. The van der Waals surface area contributed by atoms with Gasteiger partial charge in [0.05, 0.1) is 5.25 Å². The Hall–Kier alpha value is -1.69. The lowest BCUT2D eigenvalue weighted by Crippen LogP contribution is -2.25. The summed E-state index contributed by atoms with van der Waals surface area (Å²) in [5.41, 5.74) is 10.4. The van der Waals surface area contributed by atoms with Gasteiger partial charge in [-0.1, -0.05) is 55.0 Å². The highest BCUT2D eigenvalue weighted by Crippen LogP contribution is 2.21. The fourth-order valence-electron chi connectivity index (χ4n) is 2.62. The molecular weight excluding hydrogens is 320 g/mol. The summed E-state index contributed by atoms with van der Waals surface area (Å²) < 4.78 is 22.4. The minimum Gasteiger partial charge on any atom is -0.326 e. The van der Waals surface area contributed by atoms with E-state index in [9.17, 15) is 8.42 Å². The maximum absolute atomic E-state index is 11.2. The molecule has 0 saturated heterocycles. The molecule has 24 heavy (non-hydrogen) atoms. The van der Waals surface area contributed by atoms with Crippen LogP contribution in [-0.4, -0.2) is 13.7 Å². The molecular formula is C19H26N2O2S. The molecule has 0 aromatic heterocycles. The van der Waals surface area contributed by atoms with E-state index in [1.165, 1.54) is 16.7 Å². The maximum Gasteiger partial charge on any atom is 0.211 e. The molecule has 1 atom stereocenters. The van der Waals surface area contributed by atoms with E-state index in [4.69, 9.17) is 10.9 Å². The van der Waals surface area contributed by atoms with Crippen molar-refractivity contribution in [3.8, 4) is 11.1 Å². The summed E-state index contributed by atoms with van der Waals surface area (Å²) >= 11 is 0. The molecule has 0 radical (unpaired) electrons. The van der Waals surface area contributed by atoms with E-state index in [1.807, 2.05) is 0 Å². The highest BCUT2D eigenvalue weighted by molar-refractivity contribution is 7.89. The summed E-state index contributed by atoms with van der Waals surface area (Å²) in [4.78, 5) is 0. The number of aryl methyl sites for hydroxylation is 1. The smallest absolute Gasteiger partial charge is 0.211 e. The molecule has 2 aromatic carbocycles. The summed E-state index contributed by atoms with van der Waals surface area (Å²) in [6.45, 7) is 2.23. The Morgan fingerprint density at radius 3 is 1.83 bits per heavy atom. The first kappa shape index (κ1) is 18.6. The van der Waals surface area contributed by atoms with Crippen molar-refractivity contribution in [2.75, 3.05) is 0 Å². The van der Waals surface area contributed by atoms with E-state index in [-0.39, 0.29) is 0 Å². The Morgan fingerprint density at radius 2 is 1.38 bits per heavy atom. The second kappa shape index (κ2) is 8.42. The molecule has 4 N–H and O–H groups in total. The fourth-order valence-corrected chi connectivity index (χ4v) is 3.12. The minimum absolute atomic E-state index is 0.462. The van der Waals surface area contributed by atoms with Crippen molar-refractivity contribution in [2.24, 2.45) is 10.9 Å². The molecule has 4 nitrogen and oxygen atoms in total. The number of unbranched alkanes of at least 4 members (excludes halogenated alkanes) is 1. The average molecular weight is 346 g/mol. The molecule has 0 amide bonds. The average Bonchev–Trinajstić information content (AvgIpc) is 2.58. The molecule has 0 bridgehead atoms. The Kier molecular flexibility index (Phi) is 6.54. The van der Waals surface area contributed by atoms with E-state index >= 15 is 0 Å². The largest absolute Gasteiger partial charge is 0.326 e. The van der Waals surface area contributed by atoms with Gasteiger partial charge in [0.1, 0.15) is 0 Å². The van der Waals surface area contributed by atoms with Crippen LogP contribution in [0.2, 0.25) is 0 Å². The van der Waals surface area contributed by atoms with Gasteiger partial charge in [0.25, 0.3) is 0 Å². The highest BCUT2D eigenvalue weighted by Gasteiger charge is 2.14. The number of rotatable bonds is 8. The van der Waals surface area contributed by atoms with Crippen molar-refractivity contribution in [3.63, 3.8) is 0 Å². The van der Waals surface area contributed by atoms with Gasteiger partial charge in [0.2, 0.25) is 10.0 Å². The molecule has 2 rings (SSSR count). The number of sulfonamides is 1. The quantitative estimate of drug-likeness (QED) is 0.720. The van der Waals surface area contributed by atoms with Crippen LogP contribution in [0.4, 0.5) is 0 Å². The second-order valence-electron chi connectivity index (χ2n) is 6.24. The lowest BCUT2D eigenvalue weighted by molar-refractivity contribution is 0.570. The van der Waals surface area contributed by atoms with Crippen LogP contribution >= 0.6 is 0 Å². The van der Waals surface area contributed by atoms with E-state index in [0.717, 1.165) is 24.8 Å². The fraction of sp³-hybridized carbons (Fsp3) is 0.368. The Bertz CT molecular complexity index is 738. The standard InChI is InChI=1S/C19H26N2O2S/c1-15(24(21,22)23)4-2-3-5-16-6-10-18(11-7-16)19-12-8-17(14-20)9-13-19/h6-13,15H,2-5,14,20H2,1H3,(H2,21,22,23). The number of hydrogen-bond donors (Lipinski definition) is 2. The molecule has 0 spiro atoms. The van der Waals surface area contributed by atoms with E-state index < -0.39 is 15.3 Å². The van der Waals surface area contributed by atoms with Gasteiger partial charge in [0, 0.05) is 6.54 Å².